The monoisotopic (exact) mass is 763 g/mol. The van der Waals surface area contributed by atoms with Crippen LogP contribution in [-0.4, -0.2) is 0 Å². The van der Waals surface area contributed by atoms with Gasteiger partial charge in [0.05, 0.1) is 5.69 Å². The highest BCUT2D eigenvalue weighted by Gasteiger charge is 2.20. The van der Waals surface area contributed by atoms with Crippen LogP contribution in [0.4, 0.5) is 17.1 Å². The molecule has 0 atom stereocenters. The molecular formula is C58H37NO. The summed E-state index contributed by atoms with van der Waals surface area (Å²) in [5.74, 6) is 0. The third-order valence-electron chi connectivity index (χ3n) is 12.2. The maximum atomic E-state index is 6.46. The van der Waals surface area contributed by atoms with Crippen molar-refractivity contribution in [1.82, 2.24) is 0 Å². The smallest absolute Gasteiger partial charge is 0.137 e. The lowest BCUT2D eigenvalue weighted by Crippen LogP contribution is -2.10. The number of rotatable bonds is 6. The van der Waals surface area contributed by atoms with E-state index in [1.54, 1.807) is 0 Å². The number of para-hydroxylation sites is 1. The second-order valence-electron chi connectivity index (χ2n) is 15.6. The Morgan fingerprint density at radius 3 is 1.43 bits per heavy atom. The highest BCUT2D eigenvalue weighted by Crippen LogP contribution is 2.46. The standard InChI is InChI=1S/C58H37NO/c1-3-18-44-39(15-1)35-55(50-24-9-7-21-47(44)50)51-25-10-8-23-49(51)46-20-6-5-17-43(46)38-29-31-41(32-30-38)59(42-33-34-54-53-27-13-14-28-57(53)60-58(54)37-42)56-36-40-16-2-4-19-45(40)48-22-11-12-26-52(48)56/h1-37H. The van der Waals surface area contributed by atoms with Gasteiger partial charge in [-0.3, -0.25) is 0 Å². The third kappa shape index (κ3) is 5.50. The van der Waals surface area contributed by atoms with Crippen LogP contribution in [0, 0.1) is 0 Å². The Balaban J connectivity index is 1.02. The van der Waals surface area contributed by atoms with E-state index in [0.29, 0.717) is 0 Å². The number of nitrogens with zero attached hydrogens (tertiary/aromatic N) is 1. The van der Waals surface area contributed by atoms with Gasteiger partial charge in [-0.2, -0.15) is 0 Å². The van der Waals surface area contributed by atoms with Gasteiger partial charge in [0.15, 0.2) is 0 Å². The van der Waals surface area contributed by atoms with Crippen LogP contribution < -0.4 is 4.90 Å². The van der Waals surface area contributed by atoms with Gasteiger partial charge in [-0.25, -0.2) is 0 Å². The molecule has 0 amide bonds. The number of furan rings is 1. The molecule has 0 bridgehead atoms. The van der Waals surface area contributed by atoms with Gasteiger partial charge < -0.3 is 9.32 Å². The van der Waals surface area contributed by atoms with Gasteiger partial charge in [0, 0.05) is 33.6 Å². The summed E-state index contributed by atoms with van der Waals surface area (Å²) >= 11 is 0. The van der Waals surface area contributed by atoms with Crippen LogP contribution in [0.15, 0.2) is 229 Å². The normalized spacial score (nSPS) is 11.7. The molecule has 0 saturated heterocycles. The van der Waals surface area contributed by atoms with Crippen molar-refractivity contribution in [2.45, 2.75) is 0 Å². The summed E-state index contributed by atoms with van der Waals surface area (Å²) in [4.78, 5) is 2.39. The minimum absolute atomic E-state index is 0.868. The van der Waals surface area contributed by atoms with Crippen LogP contribution >= 0.6 is 0 Å². The summed E-state index contributed by atoms with van der Waals surface area (Å²) in [6, 6.07) is 81.3. The summed E-state index contributed by atoms with van der Waals surface area (Å²) < 4.78 is 6.46. The molecular weight excluding hydrogens is 727 g/mol. The van der Waals surface area contributed by atoms with Crippen LogP contribution in [0.1, 0.15) is 0 Å². The maximum absolute atomic E-state index is 6.46. The Kier molecular flexibility index (Phi) is 7.89. The number of anilines is 3. The summed E-state index contributed by atoms with van der Waals surface area (Å²) in [5.41, 5.74) is 12.2. The predicted octanol–water partition coefficient (Wildman–Crippen LogP) is 16.7. The third-order valence-corrected chi connectivity index (χ3v) is 12.2. The summed E-state index contributed by atoms with van der Waals surface area (Å²) in [7, 11) is 0. The molecule has 0 aliphatic heterocycles. The Morgan fingerprint density at radius 1 is 0.267 bits per heavy atom. The van der Waals surface area contributed by atoms with Crippen molar-refractivity contribution in [3.05, 3.63) is 224 Å². The van der Waals surface area contributed by atoms with Gasteiger partial charge in [0.25, 0.3) is 0 Å². The molecule has 0 saturated carbocycles. The molecule has 12 rings (SSSR count). The quantitative estimate of drug-likeness (QED) is 0.157. The molecule has 2 nitrogen and oxygen atoms in total. The summed E-state index contributed by atoms with van der Waals surface area (Å²) in [5, 5.41) is 12.1. The lowest BCUT2D eigenvalue weighted by molar-refractivity contribution is 0.669. The largest absolute Gasteiger partial charge is 0.456 e. The van der Waals surface area contributed by atoms with Crippen LogP contribution in [-0.2, 0) is 0 Å². The van der Waals surface area contributed by atoms with Crippen LogP contribution in [0.5, 0.6) is 0 Å². The van der Waals surface area contributed by atoms with Gasteiger partial charge in [0.2, 0.25) is 0 Å². The molecule has 11 aromatic carbocycles. The van der Waals surface area contributed by atoms with E-state index in [9.17, 15) is 0 Å². The van der Waals surface area contributed by atoms with Gasteiger partial charge in [-0.05, 0) is 114 Å². The molecule has 0 aliphatic rings. The van der Waals surface area contributed by atoms with Crippen molar-refractivity contribution in [1.29, 1.82) is 0 Å². The number of benzene rings is 11. The van der Waals surface area contributed by atoms with E-state index in [4.69, 9.17) is 4.42 Å². The molecule has 12 aromatic rings. The fourth-order valence-corrected chi connectivity index (χ4v) is 9.49. The van der Waals surface area contributed by atoms with Crippen molar-refractivity contribution in [3.8, 4) is 33.4 Å². The molecule has 0 N–H and O–H groups in total. The molecule has 0 aliphatic carbocycles. The Hall–Kier alpha value is -7.94. The zero-order valence-corrected chi connectivity index (χ0v) is 32.7. The minimum atomic E-state index is 0.868. The average molecular weight is 764 g/mol. The zero-order chi connectivity index (χ0) is 39.6. The number of fused-ring (bicyclic) bond motifs is 9. The number of hydrogen-bond acceptors (Lipinski definition) is 2. The second kappa shape index (κ2) is 13.9. The van der Waals surface area contributed by atoms with E-state index in [0.717, 1.165) is 44.6 Å². The topological polar surface area (TPSA) is 16.4 Å². The first-order valence-corrected chi connectivity index (χ1v) is 20.6. The summed E-state index contributed by atoms with van der Waals surface area (Å²) in [6.07, 6.45) is 0. The van der Waals surface area contributed by atoms with Gasteiger partial charge in [-0.15, -0.1) is 0 Å². The van der Waals surface area contributed by atoms with E-state index in [-0.39, 0.29) is 0 Å². The van der Waals surface area contributed by atoms with E-state index in [2.05, 4.69) is 217 Å². The molecule has 0 radical (unpaired) electrons. The van der Waals surface area contributed by atoms with Crippen molar-refractivity contribution in [2.24, 2.45) is 0 Å². The van der Waals surface area contributed by atoms with Gasteiger partial charge in [-0.1, -0.05) is 176 Å². The first-order valence-electron chi connectivity index (χ1n) is 20.6. The molecule has 280 valence electrons. The highest BCUT2D eigenvalue weighted by atomic mass is 16.3. The zero-order valence-electron chi connectivity index (χ0n) is 32.7. The number of hydrogen-bond donors (Lipinski definition) is 0. The van der Waals surface area contributed by atoms with Crippen molar-refractivity contribution in [2.75, 3.05) is 4.90 Å². The van der Waals surface area contributed by atoms with Crippen molar-refractivity contribution in [3.63, 3.8) is 0 Å². The van der Waals surface area contributed by atoms with E-state index < -0.39 is 0 Å². The van der Waals surface area contributed by atoms with E-state index >= 15 is 0 Å². The van der Waals surface area contributed by atoms with Gasteiger partial charge in [0.1, 0.15) is 11.2 Å². The molecule has 0 fully saturated rings. The second-order valence-corrected chi connectivity index (χ2v) is 15.6. The Bertz CT molecular complexity index is 3610. The fraction of sp³-hybridized carbons (Fsp3) is 0. The summed E-state index contributed by atoms with van der Waals surface area (Å²) in [6.45, 7) is 0. The molecule has 0 spiro atoms. The molecule has 1 aromatic heterocycles. The first-order chi connectivity index (χ1) is 29.8. The van der Waals surface area contributed by atoms with Crippen molar-refractivity contribution < 1.29 is 4.42 Å². The van der Waals surface area contributed by atoms with Crippen LogP contribution in [0.25, 0.3) is 98.4 Å². The lowest BCUT2D eigenvalue weighted by atomic mass is 9.86. The van der Waals surface area contributed by atoms with Crippen LogP contribution in [0.3, 0.4) is 0 Å². The Labute approximate surface area is 347 Å². The maximum Gasteiger partial charge on any atom is 0.137 e. The molecule has 2 heteroatoms. The van der Waals surface area contributed by atoms with E-state index in [1.807, 2.05) is 12.1 Å². The van der Waals surface area contributed by atoms with Crippen LogP contribution in [0.2, 0.25) is 0 Å². The SMILES string of the molecule is c1ccc(-c2ccccc2-c2cc3ccccc3c3ccccc23)c(-c2ccc(N(c3ccc4c(c3)oc3ccccc34)c3cc4ccccc4c4ccccc34)cc2)c1. The average Bonchev–Trinajstić information content (AvgIpc) is 3.70. The molecule has 60 heavy (non-hydrogen) atoms. The predicted molar refractivity (Wildman–Crippen MR) is 255 cm³/mol. The molecule has 1 heterocycles. The Morgan fingerprint density at radius 2 is 0.733 bits per heavy atom. The lowest BCUT2D eigenvalue weighted by Gasteiger charge is -2.28. The fourth-order valence-electron chi connectivity index (χ4n) is 9.49. The van der Waals surface area contributed by atoms with Crippen molar-refractivity contribution >= 4 is 82.1 Å². The highest BCUT2D eigenvalue weighted by molar-refractivity contribution is 6.16. The van der Waals surface area contributed by atoms with E-state index in [1.165, 1.54) is 70.9 Å². The molecule has 0 unspecified atom stereocenters. The van der Waals surface area contributed by atoms with Gasteiger partial charge >= 0.3 is 0 Å². The first kappa shape index (κ1) is 34.1. The minimum Gasteiger partial charge on any atom is -0.456 e.